The van der Waals surface area contributed by atoms with Crippen LogP contribution in [0.2, 0.25) is 0 Å². The van der Waals surface area contributed by atoms with Crippen LogP contribution in [-0.4, -0.2) is 41.0 Å². The average Bonchev–Trinajstić information content (AvgIpc) is 2.50. The third-order valence-corrected chi connectivity index (χ3v) is 2.63. The Morgan fingerprint density at radius 2 is 1.36 bits per heavy atom. The lowest BCUT2D eigenvalue weighted by molar-refractivity contribution is -0.164. The van der Waals surface area contributed by atoms with Gasteiger partial charge in [-0.25, -0.2) is 14.4 Å². The van der Waals surface area contributed by atoms with Crippen LogP contribution in [0.4, 0.5) is 0 Å². The smallest absolute Gasteiger partial charge is 0.335 e. The van der Waals surface area contributed by atoms with Gasteiger partial charge in [-0.15, -0.1) is 0 Å². The molecule has 7 heteroatoms. The summed E-state index contributed by atoms with van der Waals surface area (Å²) in [7, 11) is 0. The molecule has 0 aromatic heterocycles. The standard InChI is InChI=1S/C14H22O5.C4H6O2/c1-10(2)13(16)18-9-7-5-6-8-12(15)19-14(17)11(3)4;1-3(2)4(5)6/h12,15H,1,3,5-9H2,2,4H3;1H2,2H3,(H,5,6). The predicted molar refractivity (Wildman–Crippen MR) is 93.6 cm³/mol. The molecule has 0 heterocycles. The van der Waals surface area contributed by atoms with Crippen LogP contribution in [0.15, 0.2) is 36.5 Å². The molecular weight excluding hydrogens is 328 g/mol. The normalized spacial score (nSPS) is 10.6. The van der Waals surface area contributed by atoms with E-state index in [4.69, 9.17) is 14.6 Å². The first-order valence-corrected chi connectivity index (χ1v) is 7.75. The van der Waals surface area contributed by atoms with Crippen LogP contribution in [0.25, 0.3) is 0 Å². The number of esters is 2. The van der Waals surface area contributed by atoms with Gasteiger partial charge in [0.1, 0.15) is 0 Å². The number of carbonyl (C=O) groups excluding carboxylic acids is 2. The summed E-state index contributed by atoms with van der Waals surface area (Å²) >= 11 is 0. The molecule has 2 N–H and O–H groups in total. The number of carboxylic acid groups (broad SMARTS) is 1. The largest absolute Gasteiger partial charge is 0.478 e. The lowest BCUT2D eigenvalue weighted by Gasteiger charge is -2.11. The van der Waals surface area contributed by atoms with Gasteiger partial charge in [-0.1, -0.05) is 19.7 Å². The molecule has 0 fully saturated rings. The first-order chi connectivity index (χ1) is 11.5. The van der Waals surface area contributed by atoms with E-state index in [1.165, 1.54) is 13.8 Å². The Morgan fingerprint density at radius 1 is 0.880 bits per heavy atom. The summed E-state index contributed by atoms with van der Waals surface area (Å²) in [6, 6.07) is 0. The maximum atomic E-state index is 11.1. The van der Waals surface area contributed by atoms with Gasteiger partial charge in [-0.05, 0) is 40.0 Å². The number of aliphatic carboxylic acids is 1. The minimum Gasteiger partial charge on any atom is -0.478 e. The summed E-state index contributed by atoms with van der Waals surface area (Å²) in [5.41, 5.74) is 0.808. The van der Waals surface area contributed by atoms with Crippen molar-refractivity contribution in [1.82, 2.24) is 0 Å². The van der Waals surface area contributed by atoms with Gasteiger partial charge in [0.05, 0.1) is 6.61 Å². The molecule has 0 aromatic rings. The molecule has 0 saturated carbocycles. The first kappa shape index (κ1) is 24.8. The minimum atomic E-state index is -1.11. The molecule has 0 aliphatic heterocycles. The van der Waals surface area contributed by atoms with E-state index in [0.717, 1.165) is 6.42 Å². The van der Waals surface area contributed by atoms with E-state index < -0.39 is 24.2 Å². The number of hydrogen-bond donors (Lipinski definition) is 2. The molecule has 25 heavy (non-hydrogen) atoms. The molecule has 0 rings (SSSR count). The van der Waals surface area contributed by atoms with Gasteiger partial charge in [0.2, 0.25) is 6.29 Å². The molecule has 0 aromatic carbocycles. The molecule has 1 atom stereocenters. The van der Waals surface area contributed by atoms with E-state index in [1.54, 1.807) is 6.92 Å². The van der Waals surface area contributed by atoms with Crippen molar-refractivity contribution < 1.29 is 34.1 Å². The van der Waals surface area contributed by atoms with E-state index >= 15 is 0 Å². The third-order valence-electron chi connectivity index (χ3n) is 2.63. The summed E-state index contributed by atoms with van der Waals surface area (Å²) in [6.07, 6.45) is 1.38. The lowest BCUT2D eigenvalue weighted by atomic mass is 10.2. The number of hydrogen-bond acceptors (Lipinski definition) is 6. The van der Waals surface area contributed by atoms with E-state index in [2.05, 4.69) is 19.7 Å². The maximum Gasteiger partial charge on any atom is 0.335 e. The van der Waals surface area contributed by atoms with Gasteiger partial charge in [-0.3, -0.25) is 0 Å². The number of unbranched alkanes of at least 4 members (excludes halogenated alkanes) is 2. The van der Waals surface area contributed by atoms with Gasteiger partial charge in [0.25, 0.3) is 0 Å². The van der Waals surface area contributed by atoms with Crippen LogP contribution < -0.4 is 0 Å². The molecule has 0 aliphatic carbocycles. The van der Waals surface area contributed by atoms with E-state index in [9.17, 15) is 19.5 Å². The zero-order chi connectivity index (χ0) is 20.0. The molecule has 7 nitrogen and oxygen atoms in total. The van der Waals surface area contributed by atoms with Gasteiger partial charge < -0.3 is 19.7 Å². The monoisotopic (exact) mass is 356 g/mol. The Kier molecular flexibility index (Phi) is 13.9. The number of carbonyl (C=O) groups is 3. The highest BCUT2D eigenvalue weighted by Crippen LogP contribution is 2.07. The van der Waals surface area contributed by atoms with Crippen LogP contribution in [0.1, 0.15) is 46.5 Å². The van der Waals surface area contributed by atoms with E-state index in [1.807, 2.05) is 0 Å². The third kappa shape index (κ3) is 16.2. The van der Waals surface area contributed by atoms with Gasteiger partial charge in [-0.2, -0.15) is 0 Å². The van der Waals surface area contributed by atoms with Crippen LogP contribution in [0.5, 0.6) is 0 Å². The lowest BCUT2D eigenvalue weighted by Crippen LogP contribution is -2.17. The van der Waals surface area contributed by atoms with Gasteiger partial charge in [0.15, 0.2) is 0 Å². The SMILES string of the molecule is C=C(C)C(=O)O.C=C(C)C(=O)OCCCCCC(O)OC(=O)C(=C)C. The fraction of sp³-hybridized carbons (Fsp3) is 0.500. The Morgan fingerprint density at radius 3 is 1.76 bits per heavy atom. The number of aliphatic hydroxyl groups is 1. The molecule has 0 amide bonds. The molecule has 142 valence electrons. The zero-order valence-electron chi connectivity index (χ0n) is 15.2. The van der Waals surface area contributed by atoms with Gasteiger partial charge in [0, 0.05) is 23.1 Å². The maximum absolute atomic E-state index is 11.1. The van der Waals surface area contributed by atoms with E-state index in [-0.39, 0.29) is 11.1 Å². The number of aliphatic hydroxyl groups excluding tert-OH is 1. The van der Waals surface area contributed by atoms with Crippen molar-refractivity contribution in [1.29, 1.82) is 0 Å². The van der Waals surface area contributed by atoms with Gasteiger partial charge >= 0.3 is 17.9 Å². The average molecular weight is 356 g/mol. The van der Waals surface area contributed by atoms with Crippen molar-refractivity contribution in [2.45, 2.75) is 52.7 Å². The Bertz CT molecular complexity index is 494. The number of rotatable bonds is 10. The zero-order valence-corrected chi connectivity index (χ0v) is 15.2. The van der Waals surface area contributed by atoms with Crippen molar-refractivity contribution in [2.75, 3.05) is 6.61 Å². The molecule has 1 unspecified atom stereocenters. The van der Waals surface area contributed by atoms with Crippen molar-refractivity contribution in [2.24, 2.45) is 0 Å². The quantitative estimate of drug-likeness (QED) is 0.268. The topological polar surface area (TPSA) is 110 Å². The second kappa shape index (κ2) is 14.0. The second-order valence-electron chi connectivity index (χ2n) is 5.49. The molecule has 0 bridgehead atoms. The highest BCUT2D eigenvalue weighted by atomic mass is 16.6. The summed E-state index contributed by atoms with van der Waals surface area (Å²) in [5, 5.41) is 17.3. The highest BCUT2D eigenvalue weighted by Gasteiger charge is 2.11. The molecule has 0 radical (unpaired) electrons. The minimum absolute atomic E-state index is 0.176. The van der Waals surface area contributed by atoms with Crippen LogP contribution in [0, 0.1) is 0 Å². The van der Waals surface area contributed by atoms with E-state index in [0.29, 0.717) is 31.4 Å². The van der Waals surface area contributed by atoms with Crippen molar-refractivity contribution >= 4 is 17.9 Å². The van der Waals surface area contributed by atoms with Crippen LogP contribution in [0.3, 0.4) is 0 Å². The van der Waals surface area contributed by atoms with Crippen LogP contribution in [-0.2, 0) is 23.9 Å². The van der Waals surface area contributed by atoms with Crippen LogP contribution >= 0.6 is 0 Å². The fourth-order valence-corrected chi connectivity index (χ4v) is 1.17. The van der Waals surface area contributed by atoms with Crippen molar-refractivity contribution in [3.8, 4) is 0 Å². The summed E-state index contributed by atoms with van der Waals surface area (Å²) < 4.78 is 9.62. The molecular formula is C18H28O7. The molecule has 0 aliphatic rings. The second-order valence-corrected chi connectivity index (χ2v) is 5.49. The first-order valence-electron chi connectivity index (χ1n) is 7.75. The number of ether oxygens (including phenoxy) is 2. The Balaban J connectivity index is 0. The predicted octanol–water partition coefficient (Wildman–Crippen LogP) is 2.75. The fourth-order valence-electron chi connectivity index (χ4n) is 1.17. The van der Waals surface area contributed by atoms with Crippen molar-refractivity contribution in [3.05, 3.63) is 36.5 Å². The summed E-state index contributed by atoms with van der Waals surface area (Å²) in [4.78, 5) is 31.7. The Labute approximate surface area is 148 Å². The van der Waals surface area contributed by atoms with Crippen molar-refractivity contribution in [3.63, 3.8) is 0 Å². The highest BCUT2D eigenvalue weighted by molar-refractivity contribution is 5.87. The molecule has 0 saturated heterocycles. The molecule has 0 spiro atoms. The Hall–Kier alpha value is -2.41. The summed E-state index contributed by atoms with van der Waals surface area (Å²) in [5.74, 6) is -1.92. The number of carboxylic acids is 1. The summed E-state index contributed by atoms with van der Waals surface area (Å²) in [6.45, 7) is 14.9.